The molecule has 0 unspecified atom stereocenters. The Hall–Kier alpha value is -2.68. The second-order valence-electron chi connectivity index (χ2n) is 7.71. The van der Waals surface area contributed by atoms with E-state index in [1.165, 1.54) is 11.3 Å². The highest BCUT2D eigenvalue weighted by atomic mass is 32.1. The number of rotatable bonds is 8. The van der Waals surface area contributed by atoms with Crippen LogP contribution < -0.4 is 9.64 Å². The zero-order valence-corrected chi connectivity index (χ0v) is 18.8. The van der Waals surface area contributed by atoms with Gasteiger partial charge in [0.1, 0.15) is 5.75 Å². The van der Waals surface area contributed by atoms with E-state index in [1.807, 2.05) is 24.3 Å². The van der Waals surface area contributed by atoms with Gasteiger partial charge in [0, 0.05) is 25.3 Å². The van der Waals surface area contributed by atoms with Crippen LogP contribution in [0.1, 0.15) is 17.0 Å². The molecule has 1 aromatic heterocycles. The number of benzene rings is 2. The number of anilines is 1. The van der Waals surface area contributed by atoms with Gasteiger partial charge in [0.15, 0.2) is 0 Å². The first-order valence-electron chi connectivity index (χ1n) is 10.4. The van der Waals surface area contributed by atoms with Gasteiger partial charge < -0.3 is 18.8 Å². The smallest absolute Gasteiger partial charge is 0.288 e. The van der Waals surface area contributed by atoms with Crippen molar-refractivity contribution < 1.29 is 13.9 Å². The molecular weight excluding hydrogens is 412 g/mol. The molecule has 0 amide bonds. The predicted octanol–water partition coefficient (Wildman–Crippen LogP) is 3.73. The molecule has 2 heterocycles. The van der Waals surface area contributed by atoms with Crippen LogP contribution in [0.25, 0.3) is 0 Å². The molecule has 1 aliphatic rings. The molecule has 0 radical (unpaired) electrons. The van der Waals surface area contributed by atoms with Gasteiger partial charge in [-0.1, -0.05) is 24.3 Å². The molecule has 31 heavy (non-hydrogen) atoms. The molecule has 0 bridgehead atoms. The Balaban J connectivity index is 1.33. The third kappa shape index (κ3) is 5.72. The fourth-order valence-corrected chi connectivity index (χ4v) is 3.85. The molecule has 0 atom stereocenters. The van der Waals surface area contributed by atoms with E-state index in [1.54, 1.807) is 11.8 Å². The van der Waals surface area contributed by atoms with Crippen molar-refractivity contribution >= 4 is 17.9 Å². The molecule has 164 valence electrons. The summed E-state index contributed by atoms with van der Waals surface area (Å²) in [6.45, 7) is 4.85. The van der Waals surface area contributed by atoms with Crippen LogP contribution in [0.2, 0.25) is 0 Å². The molecule has 1 aliphatic heterocycles. The Morgan fingerprint density at radius 3 is 2.39 bits per heavy atom. The molecule has 1 saturated heterocycles. The van der Waals surface area contributed by atoms with E-state index in [2.05, 4.69) is 46.2 Å². The van der Waals surface area contributed by atoms with Crippen LogP contribution in [-0.2, 0) is 24.4 Å². The van der Waals surface area contributed by atoms with E-state index in [0.717, 1.165) is 44.2 Å². The minimum absolute atomic E-state index is 0.387. The first kappa shape index (κ1) is 21.5. The highest BCUT2D eigenvalue weighted by Crippen LogP contribution is 2.18. The maximum Gasteiger partial charge on any atom is 0.288 e. The number of methoxy groups -OCH3 is 1. The number of aromatic nitrogens is 2. The van der Waals surface area contributed by atoms with Crippen LogP contribution in [0.5, 0.6) is 5.75 Å². The van der Waals surface area contributed by atoms with E-state index < -0.39 is 0 Å². The molecule has 1 fully saturated rings. The summed E-state index contributed by atoms with van der Waals surface area (Å²) in [6.07, 6.45) is 0.591. The maximum atomic E-state index is 5.70. The molecule has 0 saturated carbocycles. The van der Waals surface area contributed by atoms with E-state index in [-0.39, 0.29) is 0 Å². The Morgan fingerprint density at radius 2 is 1.71 bits per heavy atom. The summed E-state index contributed by atoms with van der Waals surface area (Å²) < 4.78 is 18.1. The fourth-order valence-electron chi connectivity index (χ4n) is 3.65. The summed E-state index contributed by atoms with van der Waals surface area (Å²) >= 11 is 5.37. The lowest BCUT2D eigenvalue weighted by Crippen LogP contribution is -2.36. The highest BCUT2D eigenvalue weighted by molar-refractivity contribution is 7.71. The van der Waals surface area contributed by atoms with Crippen molar-refractivity contribution in [2.45, 2.75) is 19.6 Å². The monoisotopic (exact) mass is 440 g/mol. The van der Waals surface area contributed by atoms with Gasteiger partial charge >= 0.3 is 0 Å². The molecule has 0 N–H and O–H groups in total. The second kappa shape index (κ2) is 10.1. The normalized spacial score (nSPS) is 14.2. The Bertz CT molecular complexity index is 1020. The van der Waals surface area contributed by atoms with Gasteiger partial charge in [0.2, 0.25) is 5.89 Å². The zero-order valence-electron chi connectivity index (χ0n) is 18.0. The minimum atomic E-state index is 0.387. The summed E-state index contributed by atoms with van der Waals surface area (Å²) in [5.41, 5.74) is 3.59. The van der Waals surface area contributed by atoms with Gasteiger partial charge in [-0.25, -0.2) is 4.68 Å². The average Bonchev–Trinajstić information content (AvgIpc) is 3.13. The topological polar surface area (TPSA) is 55.9 Å². The largest absolute Gasteiger partial charge is 0.497 e. The predicted molar refractivity (Wildman–Crippen MR) is 122 cm³/mol. The van der Waals surface area contributed by atoms with E-state index in [4.69, 9.17) is 26.1 Å². The standard InChI is InChI=1S/C23H28N4O3S/c1-25(16-19-3-7-20(8-4-19)26-11-13-29-14-12-26)17-27-23(31)30-22(24-27)15-18-5-9-21(28-2)10-6-18/h3-10H,11-17H2,1-2H3. The van der Waals surface area contributed by atoms with E-state index in [9.17, 15) is 0 Å². The number of hydrogen-bond donors (Lipinski definition) is 0. The van der Waals surface area contributed by atoms with Crippen molar-refractivity contribution in [3.05, 3.63) is 70.4 Å². The molecule has 7 nitrogen and oxygen atoms in total. The summed E-state index contributed by atoms with van der Waals surface area (Å²) in [5, 5.41) is 4.56. The summed E-state index contributed by atoms with van der Waals surface area (Å²) in [7, 11) is 3.71. The lowest BCUT2D eigenvalue weighted by atomic mass is 10.1. The first-order chi connectivity index (χ1) is 15.1. The SMILES string of the molecule is COc1ccc(Cc2nn(CN(C)Cc3ccc(N4CCOCC4)cc3)c(=S)o2)cc1. The molecule has 0 spiro atoms. The Morgan fingerprint density at radius 1 is 1.03 bits per heavy atom. The van der Waals surface area contributed by atoms with Crippen LogP contribution in [0.4, 0.5) is 5.69 Å². The van der Waals surface area contributed by atoms with Crippen LogP contribution in [0.3, 0.4) is 0 Å². The third-order valence-electron chi connectivity index (χ3n) is 5.30. The maximum absolute atomic E-state index is 5.70. The van der Waals surface area contributed by atoms with Gasteiger partial charge in [-0.15, -0.1) is 5.10 Å². The van der Waals surface area contributed by atoms with Crippen molar-refractivity contribution in [2.75, 3.05) is 45.4 Å². The zero-order chi connectivity index (χ0) is 21.6. The van der Waals surface area contributed by atoms with Crippen molar-refractivity contribution in [3.63, 3.8) is 0 Å². The van der Waals surface area contributed by atoms with Crippen molar-refractivity contribution in [3.8, 4) is 5.75 Å². The molecule has 8 heteroatoms. The number of morpholine rings is 1. The first-order valence-corrected chi connectivity index (χ1v) is 10.8. The molecular formula is C23H28N4O3S. The van der Waals surface area contributed by atoms with Gasteiger partial charge in [-0.3, -0.25) is 4.90 Å². The van der Waals surface area contributed by atoms with E-state index in [0.29, 0.717) is 23.8 Å². The highest BCUT2D eigenvalue weighted by Gasteiger charge is 2.12. The van der Waals surface area contributed by atoms with Crippen LogP contribution in [-0.4, -0.2) is 55.1 Å². The van der Waals surface area contributed by atoms with Gasteiger partial charge in [-0.05, 0) is 54.7 Å². The summed E-state index contributed by atoms with van der Waals surface area (Å²) in [6, 6.07) is 16.6. The van der Waals surface area contributed by atoms with Crippen LogP contribution in [0.15, 0.2) is 52.9 Å². The van der Waals surface area contributed by atoms with Gasteiger partial charge in [0.05, 0.1) is 33.4 Å². The lowest BCUT2D eigenvalue weighted by Gasteiger charge is -2.29. The quantitative estimate of drug-likeness (QED) is 0.495. The molecule has 4 rings (SSSR count). The third-order valence-corrected chi connectivity index (χ3v) is 5.60. The van der Waals surface area contributed by atoms with Crippen molar-refractivity contribution in [1.82, 2.24) is 14.7 Å². The summed E-state index contributed by atoms with van der Waals surface area (Å²) in [5.74, 6) is 1.44. The van der Waals surface area contributed by atoms with Crippen LogP contribution >= 0.6 is 12.2 Å². The molecule has 0 aliphatic carbocycles. The Labute approximate surface area is 187 Å². The Kier molecular flexibility index (Phi) is 7.01. The number of hydrogen-bond acceptors (Lipinski definition) is 7. The van der Waals surface area contributed by atoms with Crippen molar-refractivity contribution in [2.24, 2.45) is 0 Å². The van der Waals surface area contributed by atoms with Crippen LogP contribution in [0, 0.1) is 4.84 Å². The number of ether oxygens (including phenoxy) is 2. The fraction of sp³-hybridized carbons (Fsp3) is 0.391. The van der Waals surface area contributed by atoms with Gasteiger partial charge in [-0.2, -0.15) is 0 Å². The van der Waals surface area contributed by atoms with Crippen molar-refractivity contribution in [1.29, 1.82) is 0 Å². The number of nitrogens with zero attached hydrogens (tertiary/aromatic N) is 4. The minimum Gasteiger partial charge on any atom is -0.497 e. The average molecular weight is 441 g/mol. The summed E-state index contributed by atoms with van der Waals surface area (Å²) in [4.78, 5) is 4.91. The molecule has 3 aromatic rings. The van der Waals surface area contributed by atoms with Gasteiger partial charge in [0.25, 0.3) is 4.84 Å². The second-order valence-corrected chi connectivity index (χ2v) is 8.06. The lowest BCUT2D eigenvalue weighted by molar-refractivity contribution is 0.122. The molecule has 2 aromatic carbocycles. The van der Waals surface area contributed by atoms with E-state index >= 15 is 0 Å².